The lowest BCUT2D eigenvalue weighted by Crippen LogP contribution is -2.43. The van der Waals surface area contributed by atoms with Crippen LogP contribution in [0.3, 0.4) is 0 Å². The van der Waals surface area contributed by atoms with Crippen LogP contribution in [0.1, 0.15) is 5.56 Å². The zero-order chi connectivity index (χ0) is 23.4. The van der Waals surface area contributed by atoms with Gasteiger partial charge in [-0.2, -0.15) is 0 Å². The van der Waals surface area contributed by atoms with Gasteiger partial charge < -0.3 is 19.3 Å². The van der Waals surface area contributed by atoms with E-state index in [1.54, 1.807) is 41.3 Å². The van der Waals surface area contributed by atoms with Gasteiger partial charge >= 0.3 is 0 Å². The molecule has 0 saturated carbocycles. The van der Waals surface area contributed by atoms with Crippen molar-refractivity contribution in [3.8, 4) is 5.75 Å². The van der Waals surface area contributed by atoms with E-state index in [-0.39, 0.29) is 18.1 Å². The van der Waals surface area contributed by atoms with Crippen molar-refractivity contribution < 1.29 is 23.9 Å². The summed E-state index contributed by atoms with van der Waals surface area (Å²) < 4.78 is 11.2. The lowest BCUT2D eigenvalue weighted by atomic mass is 10.1. The van der Waals surface area contributed by atoms with Crippen LogP contribution in [0.4, 0.5) is 11.4 Å². The molecular weight excluding hydrogens is 424 g/mol. The molecule has 2 aromatic rings. The molecule has 3 amide bonds. The van der Waals surface area contributed by atoms with E-state index in [0.29, 0.717) is 43.3 Å². The van der Waals surface area contributed by atoms with Crippen LogP contribution in [-0.4, -0.2) is 69.6 Å². The van der Waals surface area contributed by atoms with Gasteiger partial charge in [0, 0.05) is 44.5 Å². The Morgan fingerprint density at radius 1 is 1.12 bits per heavy atom. The average Bonchev–Trinajstić information content (AvgIpc) is 3.12. The maximum Gasteiger partial charge on any atom is 0.282 e. The molecule has 2 aliphatic heterocycles. The Balaban J connectivity index is 1.58. The van der Waals surface area contributed by atoms with Gasteiger partial charge in [-0.3, -0.25) is 19.8 Å². The second-order valence-electron chi connectivity index (χ2n) is 7.87. The van der Waals surface area contributed by atoms with Crippen molar-refractivity contribution >= 4 is 35.2 Å². The van der Waals surface area contributed by atoms with Gasteiger partial charge in [-0.1, -0.05) is 18.2 Å². The van der Waals surface area contributed by atoms with E-state index >= 15 is 0 Å². The van der Waals surface area contributed by atoms with E-state index < -0.39 is 11.8 Å². The highest BCUT2D eigenvalue weighted by Crippen LogP contribution is 2.29. The van der Waals surface area contributed by atoms with E-state index in [0.717, 1.165) is 5.69 Å². The lowest BCUT2D eigenvalue weighted by Gasteiger charge is -2.27. The van der Waals surface area contributed by atoms with Crippen molar-refractivity contribution in [2.45, 2.75) is 0 Å². The number of nitrogens with one attached hydrogen (secondary N) is 1. The molecule has 0 aliphatic carbocycles. The summed E-state index contributed by atoms with van der Waals surface area (Å²) >= 11 is 0. The fourth-order valence-corrected chi connectivity index (χ4v) is 3.56. The second kappa shape index (κ2) is 9.74. The molecule has 9 heteroatoms. The molecule has 33 heavy (non-hydrogen) atoms. The topological polar surface area (TPSA) is 91.4 Å². The lowest BCUT2D eigenvalue weighted by molar-refractivity contribution is -0.137. The van der Waals surface area contributed by atoms with Gasteiger partial charge in [0.05, 0.1) is 18.9 Å². The quantitative estimate of drug-likeness (QED) is 0.529. The maximum atomic E-state index is 12.9. The summed E-state index contributed by atoms with van der Waals surface area (Å²) in [5.74, 6) is -0.694. The van der Waals surface area contributed by atoms with Crippen molar-refractivity contribution in [2.24, 2.45) is 0 Å². The number of hydrogen-bond donors (Lipinski definition) is 1. The summed E-state index contributed by atoms with van der Waals surface area (Å²) in [5.41, 5.74) is 4.53. The predicted octanol–water partition coefficient (Wildman–Crippen LogP) is 1.45. The van der Waals surface area contributed by atoms with Gasteiger partial charge in [-0.15, -0.1) is 0 Å². The Labute approximate surface area is 192 Å². The highest BCUT2D eigenvalue weighted by atomic mass is 16.5. The number of anilines is 2. The van der Waals surface area contributed by atoms with Crippen molar-refractivity contribution in [1.82, 2.24) is 10.3 Å². The van der Waals surface area contributed by atoms with Crippen LogP contribution in [-0.2, 0) is 19.1 Å². The number of carbonyl (C=O) groups excluding carboxylic acids is 3. The number of morpholine rings is 1. The molecule has 2 fully saturated rings. The molecule has 2 aromatic carbocycles. The smallest absolute Gasteiger partial charge is 0.282 e. The molecule has 0 aromatic heterocycles. The number of para-hydroxylation sites is 1. The molecule has 2 saturated heterocycles. The highest BCUT2D eigenvalue weighted by Gasteiger charge is 2.34. The number of benzene rings is 2. The van der Waals surface area contributed by atoms with Gasteiger partial charge in [-0.05, 0) is 30.3 Å². The Kier molecular flexibility index (Phi) is 6.60. The number of nitrogens with zero attached hydrogens (tertiary/aromatic N) is 3. The van der Waals surface area contributed by atoms with E-state index in [1.807, 2.05) is 31.1 Å². The molecule has 0 spiro atoms. The normalized spacial score (nSPS) is 17.3. The standard InChI is InChI=1S/C24H26N4O5/c1-26(2)19-9-8-17(21(15-19)33-16-22(29)27-10-12-32-13-11-27)14-20-23(30)25-28(24(20)31)18-6-4-3-5-7-18/h3-9,14-15H,10-13,16H2,1-2H3,(H,25,30)/b20-14-. The summed E-state index contributed by atoms with van der Waals surface area (Å²) in [6.45, 7) is 1.92. The van der Waals surface area contributed by atoms with Crippen molar-refractivity contribution in [2.75, 3.05) is 56.9 Å². The van der Waals surface area contributed by atoms with Crippen molar-refractivity contribution in [3.63, 3.8) is 0 Å². The summed E-state index contributed by atoms with van der Waals surface area (Å²) in [5, 5.41) is 1.21. The third-order valence-corrected chi connectivity index (χ3v) is 5.43. The molecule has 0 atom stereocenters. The summed E-state index contributed by atoms with van der Waals surface area (Å²) in [6, 6.07) is 14.3. The SMILES string of the molecule is CN(C)c1ccc(/C=C2/C(=O)NN(c3ccccc3)C2=O)c(OCC(=O)N2CCOCC2)c1. The van der Waals surface area contributed by atoms with Crippen molar-refractivity contribution in [3.05, 3.63) is 59.7 Å². The third-order valence-electron chi connectivity index (χ3n) is 5.43. The summed E-state index contributed by atoms with van der Waals surface area (Å²) in [4.78, 5) is 41.6. The van der Waals surface area contributed by atoms with E-state index in [9.17, 15) is 14.4 Å². The first-order valence-corrected chi connectivity index (χ1v) is 10.7. The Morgan fingerprint density at radius 2 is 1.85 bits per heavy atom. The monoisotopic (exact) mass is 450 g/mol. The van der Waals surface area contributed by atoms with Crippen LogP contribution in [0.2, 0.25) is 0 Å². The first kappa shape index (κ1) is 22.3. The maximum absolute atomic E-state index is 12.9. The first-order valence-electron chi connectivity index (χ1n) is 10.7. The molecule has 1 N–H and O–H groups in total. The number of ether oxygens (including phenoxy) is 2. The number of hydrogen-bond acceptors (Lipinski definition) is 6. The van der Waals surface area contributed by atoms with Gasteiger partial charge in [0.1, 0.15) is 11.3 Å². The van der Waals surface area contributed by atoms with E-state index in [1.165, 1.54) is 11.1 Å². The van der Waals surface area contributed by atoms with Crippen LogP contribution in [0, 0.1) is 0 Å². The summed E-state index contributed by atoms with van der Waals surface area (Å²) in [7, 11) is 3.78. The van der Waals surface area contributed by atoms with Crippen LogP contribution in [0.25, 0.3) is 6.08 Å². The highest BCUT2D eigenvalue weighted by molar-refractivity contribution is 6.31. The first-order chi connectivity index (χ1) is 15.9. The molecule has 0 bridgehead atoms. The molecule has 2 heterocycles. The number of carbonyl (C=O) groups is 3. The summed E-state index contributed by atoms with van der Waals surface area (Å²) in [6.07, 6.45) is 1.49. The molecule has 2 aliphatic rings. The second-order valence-corrected chi connectivity index (χ2v) is 7.87. The Morgan fingerprint density at radius 3 is 2.55 bits per heavy atom. The van der Waals surface area contributed by atoms with E-state index in [4.69, 9.17) is 9.47 Å². The minimum Gasteiger partial charge on any atom is -0.483 e. The van der Waals surface area contributed by atoms with Gasteiger partial charge in [0.15, 0.2) is 6.61 Å². The molecule has 172 valence electrons. The fraction of sp³-hybridized carbons (Fsp3) is 0.292. The van der Waals surface area contributed by atoms with Gasteiger partial charge in [-0.25, -0.2) is 5.01 Å². The fourth-order valence-electron chi connectivity index (χ4n) is 3.56. The number of rotatable bonds is 6. The molecule has 9 nitrogen and oxygen atoms in total. The molecule has 0 radical (unpaired) electrons. The number of amides is 3. The van der Waals surface area contributed by atoms with Crippen LogP contribution >= 0.6 is 0 Å². The molecule has 4 rings (SSSR count). The minimum absolute atomic E-state index is 0.0131. The van der Waals surface area contributed by atoms with Crippen molar-refractivity contribution in [1.29, 1.82) is 0 Å². The Hall–Kier alpha value is -3.85. The van der Waals surface area contributed by atoms with Crippen LogP contribution in [0.15, 0.2) is 54.1 Å². The Bertz CT molecular complexity index is 1080. The largest absolute Gasteiger partial charge is 0.483 e. The third kappa shape index (κ3) is 4.98. The van der Waals surface area contributed by atoms with Gasteiger partial charge in [0.2, 0.25) is 0 Å². The number of hydrazine groups is 1. The molecular formula is C24H26N4O5. The van der Waals surface area contributed by atoms with Crippen LogP contribution < -0.4 is 20.1 Å². The average molecular weight is 450 g/mol. The zero-order valence-corrected chi connectivity index (χ0v) is 18.6. The molecule has 0 unspecified atom stereocenters. The predicted molar refractivity (Wildman–Crippen MR) is 124 cm³/mol. The van der Waals surface area contributed by atoms with Gasteiger partial charge in [0.25, 0.3) is 17.7 Å². The minimum atomic E-state index is -0.504. The van der Waals surface area contributed by atoms with E-state index in [2.05, 4.69) is 5.43 Å². The van der Waals surface area contributed by atoms with Crippen LogP contribution in [0.5, 0.6) is 5.75 Å². The zero-order valence-electron chi connectivity index (χ0n) is 18.6.